The van der Waals surface area contributed by atoms with Crippen LogP contribution in [-0.2, 0) is 33.3 Å². The Morgan fingerprint density at radius 2 is 0.740 bits per heavy atom. The average Bonchev–Trinajstić information content (AvgIpc) is 3.36. The number of carboxylic acids is 1. The molecule has 0 radical (unpaired) electrons. The highest BCUT2D eigenvalue weighted by Gasteiger charge is 2.25. The first-order chi connectivity index (χ1) is 35.6. The summed E-state index contributed by atoms with van der Waals surface area (Å²) in [5, 5.41) is 9.70. The number of unbranched alkanes of at least 4 members (excludes halogenated alkanes) is 16. The van der Waals surface area contributed by atoms with Crippen LogP contribution in [0.4, 0.5) is 0 Å². The Labute approximate surface area is 447 Å². The van der Waals surface area contributed by atoms with Crippen LogP contribution in [0, 0.1) is 0 Å². The van der Waals surface area contributed by atoms with Crippen LogP contribution in [0.25, 0.3) is 0 Å². The number of hydrogen-bond donors (Lipinski definition) is 1. The molecule has 0 rings (SSSR count). The van der Waals surface area contributed by atoms with E-state index >= 15 is 0 Å². The molecule has 0 aromatic rings. The zero-order valence-electron chi connectivity index (χ0n) is 47.0. The zero-order valence-corrected chi connectivity index (χ0v) is 47.0. The molecule has 2 atom stereocenters. The summed E-state index contributed by atoms with van der Waals surface area (Å²) >= 11 is 0. The second-order valence-electron chi connectivity index (χ2n) is 19.8. The molecule has 0 spiro atoms. The number of carboxylic acid groups (broad SMARTS) is 1. The van der Waals surface area contributed by atoms with Crippen molar-refractivity contribution in [3.63, 3.8) is 0 Å². The largest absolute Gasteiger partial charge is 0.477 e. The molecule has 0 saturated heterocycles. The van der Waals surface area contributed by atoms with Crippen LogP contribution in [0.2, 0.25) is 0 Å². The van der Waals surface area contributed by atoms with Crippen molar-refractivity contribution in [1.29, 1.82) is 0 Å². The molecule has 1 N–H and O–H groups in total. The number of quaternary nitrogens is 1. The first-order valence-electron chi connectivity index (χ1n) is 28.7. The maximum Gasteiger partial charge on any atom is 0.361 e. The Hall–Kier alpha value is -4.31. The van der Waals surface area contributed by atoms with Crippen molar-refractivity contribution in [3.05, 3.63) is 122 Å². The maximum atomic E-state index is 12.9. The molecule has 0 aliphatic rings. The van der Waals surface area contributed by atoms with E-state index in [1.165, 1.54) is 44.9 Å². The van der Waals surface area contributed by atoms with Crippen LogP contribution in [0.3, 0.4) is 0 Å². The van der Waals surface area contributed by atoms with E-state index in [4.69, 9.17) is 18.9 Å². The monoisotopic (exact) mass is 1020 g/mol. The summed E-state index contributed by atoms with van der Waals surface area (Å²) in [5.41, 5.74) is 0. The molecular formula is C64H106NO8+. The minimum atomic E-state index is -1.52. The van der Waals surface area contributed by atoms with Gasteiger partial charge in [0.15, 0.2) is 6.10 Å². The number of carbonyl (C=O) groups is 3. The first-order valence-corrected chi connectivity index (χ1v) is 28.7. The molecule has 9 nitrogen and oxygen atoms in total. The number of rotatable bonds is 51. The highest BCUT2D eigenvalue weighted by atomic mass is 16.7. The summed E-state index contributed by atoms with van der Waals surface area (Å²) in [5.74, 6) is -2.05. The third kappa shape index (κ3) is 55.3. The summed E-state index contributed by atoms with van der Waals surface area (Å²) < 4.78 is 22.9. The van der Waals surface area contributed by atoms with Gasteiger partial charge in [0.2, 0.25) is 0 Å². The summed E-state index contributed by atoms with van der Waals surface area (Å²) in [7, 11) is 5.95. The van der Waals surface area contributed by atoms with Crippen molar-refractivity contribution in [2.75, 3.05) is 47.5 Å². The number of nitrogens with zero attached hydrogens (tertiary/aromatic N) is 1. The molecule has 0 amide bonds. The number of ether oxygens (including phenoxy) is 4. The Kier molecular flexibility index (Phi) is 50.8. The van der Waals surface area contributed by atoms with Gasteiger partial charge >= 0.3 is 17.9 Å². The molecule has 73 heavy (non-hydrogen) atoms. The summed E-state index contributed by atoms with van der Waals surface area (Å²) in [4.78, 5) is 37.4. The maximum absolute atomic E-state index is 12.9. The van der Waals surface area contributed by atoms with Crippen LogP contribution in [0.5, 0.6) is 0 Å². The standard InChI is InChI=1S/C64H105NO8/c1-6-8-10-12-14-16-18-20-22-24-26-28-29-30-31-32-33-35-37-39-41-43-45-47-49-51-53-55-62(67)73-60(59-72-64(63(68)69)70-57-56-65(3,4)5)58-71-61(66)54-52-50-48-46-44-42-40-38-36-34-27-25-23-21-19-17-15-13-11-9-7-2/h8-11,14-17,20-23,26-28,30-31,34,38,40,60,64H,6-7,12-13,18-19,24-25,29,32-33,35-37,39,41-59H2,1-5H3/p+1/b10-8-,11-9-,16-14-,17-15-,22-20-,23-21-,28-26-,31-30-,34-27-,40-38-. The van der Waals surface area contributed by atoms with E-state index in [1.54, 1.807) is 0 Å². The summed E-state index contributed by atoms with van der Waals surface area (Å²) in [6, 6.07) is 0. The number of hydrogen-bond acceptors (Lipinski definition) is 7. The number of esters is 2. The minimum Gasteiger partial charge on any atom is -0.477 e. The SMILES string of the molecule is CC/C=C\C/C=C\C/C=C\C/C=C\C/C=C\CCCCCCCCCCCCCC(=O)OC(COC(=O)CCCCCCC/C=C\C/C=C\C/C=C\C/C=C\C/C=C\CC)COC(OCC[N+](C)(C)C)C(=O)O. The fourth-order valence-corrected chi connectivity index (χ4v) is 7.36. The van der Waals surface area contributed by atoms with Gasteiger partial charge in [0.25, 0.3) is 6.29 Å². The van der Waals surface area contributed by atoms with E-state index in [-0.39, 0.29) is 38.6 Å². The second kappa shape index (κ2) is 54.0. The highest BCUT2D eigenvalue weighted by Crippen LogP contribution is 2.15. The van der Waals surface area contributed by atoms with Crippen molar-refractivity contribution in [3.8, 4) is 0 Å². The van der Waals surface area contributed by atoms with Gasteiger partial charge in [-0.1, -0.05) is 212 Å². The van der Waals surface area contributed by atoms with E-state index in [1.807, 2.05) is 21.1 Å². The van der Waals surface area contributed by atoms with Gasteiger partial charge in [0.1, 0.15) is 13.2 Å². The lowest BCUT2D eigenvalue weighted by Gasteiger charge is -2.25. The van der Waals surface area contributed by atoms with Gasteiger partial charge in [-0.25, -0.2) is 4.79 Å². The lowest BCUT2D eigenvalue weighted by molar-refractivity contribution is -0.870. The average molecular weight is 1020 g/mol. The Balaban J connectivity index is 4.32. The van der Waals surface area contributed by atoms with Gasteiger partial charge in [-0.05, 0) is 103 Å². The molecule has 2 unspecified atom stereocenters. The zero-order chi connectivity index (χ0) is 53.4. The molecule has 0 aliphatic carbocycles. The van der Waals surface area contributed by atoms with Gasteiger partial charge in [-0.15, -0.1) is 0 Å². The van der Waals surface area contributed by atoms with E-state index < -0.39 is 24.3 Å². The third-order valence-electron chi connectivity index (χ3n) is 11.7. The van der Waals surface area contributed by atoms with Crippen molar-refractivity contribution in [2.24, 2.45) is 0 Å². The van der Waals surface area contributed by atoms with E-state index in [9.17, 15) is 19.5 Å². The molecular weight excluding hydrogens is 911 g/mol. The van der Waals surface area contributed by atoms with Gasteiger partial charge in [-0.3, -0.25) is 9.59 Å². The molecule has 0 heterocycles. The van der Waals surface area contributed by atoms with Gasteiger partial charge in [0.05, 0.1) is 34.4 Å². The number of aliphatic carboxylic acids is 1. The van der Waals surface area contributed by atoms with Crippen LogP contribution in [0.1, 0.15) is 206 Å². The fourth-order valence-electron chi connectivity index (χ4n) is 7.36. The Bertz CT molecular complexity index is 1610. The summed E-state index contributed by atoms with van der Waals surface area (Å²) in [6.07, 6.45) is 72.7. The van der Waals surface area contributed by atoms with Gasteiger partial charge in [-0.2, -0.15) is 0 Å². The minimum absolute atomic E-state index is 0.177. The second-order valence-corrected chi connectivity index (χ2v) is 19.8. The first kappa shape index (κ1) is 68.7. The molecule has 414 valence electrons. The van der Waals surface area contributed by atoms with Crippen LogP contribution in [-0.4, -0.2) is 87.4 Å². The molecule has 0 aliphatic heterocycles. The van der Waals surface area contributed by atoms with E-state index in [0.717, 1.165) is 128 Å². The molecule has 0 saturated carbocycles. The lowest BCUT2D eigenvalue weighted by atomic mass is 10.0. The summed E-state index contributed by atoms with van der Waals surface area (Å²) in [6.45, 7) is 4.61. The molecule has 9 heteroatoms. The lowest BCUT2D eigenvalue weighted by Crippen LogP contribution is -2.40. The highest BCUT2D eigenvalue weighted by molar-refractivity contribution is 5.71. The number of likely N-dealkylation sites (N-methyl/N-ethyl adjacent to an activating group) is 1. The van der Waals surface area contributed by atoms with Gasteiger partial charge in [0, 0.05) is 12.8 Å². The molecule has 0 bridgehead atoms. The fraction of sp³-hybridized carbons (Fsp3) is 0.641. The van der Waals surface area contributed by atoms with Crippen LogP contribution in [0.15, 0.2) is 122 Å². The molecule has 0 aromatic carbocycles. The predicted molar refractivity (Wildman–Crippen MR) is 308 cm³/mol. The molecule has 0 aromatic heterocycles. The predicted octanol–water partition coefficient (Wildman–Crippen LogP) is 16.9. The van der Waals surface area contributed by atoms with Crippen molar-refractivity contribution in [2.45, 2.75) is 219 Å². The Morgan fingerprint density at radius 3 is 1.10 bits per heavy atom. The third-order valence-corrected chi connectivity index (χ3v) is 11.7. The van der Waals surface area contributed by atoms with Crippen molar-refractivity contribution >= 4 is 17.9 Å². The molecule has 0 fully saturated rings. The van der Waals surface area contributed by atoms with Crippen LogP contribution < -0.4 is 0 Å². The van der Waals surface area contributed by atoms with E-state index in [2.05, 4.69) is 135 Å². The smallest absolute Gasteiger partial charge is 0.361 e. The number of allylic oxidation sites excluding steroid dienone is 20. The van der Waals surface area contributed by atoms with E-state index in [0.29, 0.717) is 17.4 Å². The topological polar surface area (TPSA) is 108 Å². The number of carbonyl (C=O) groups excluding carboxylic acids is 2. The van der Waals surface area contributed by atoms with Crippen molar-refractivity contribution in [1.82, 2.24) is 0 Å². The van der Waals surface area contributed by atoms with Crippen LogP contribution >= 0.6 is 0 Å². The quantitative estimate of drug-likeness (QED) is 0.0211. The normalized spacial score (nSPS) is 13.7. The Morgan fingerprint density at radius 1 is 0.411 bits per heavy atom. The van der Waals surface area contributed by atoms with Gasteiger partial charge < -0.3 is 28.5 Å². The van der Waals surface area contributed by atoms with Crippen molar-refractivity contribution < 1.29 is 42.9 Å².